The van der Waals surface area contributed by atoms with Gasteiger partial charge in [-0.05, 0) is 75.8 Å². The normalized spacial score (nSPS) is 10.9. The molecule has 32 heavy (non-hydrogen) atoms. The third-order valence-corrected chi connectivity index (χ3v) is 5.88. The first-order chi connectivity index (χ1) is 15.5. The smallest absolute Gasteiger partial charge is 0.343 e. The van der Waals surface area contributed by atoms with Crippen molar-refractivity contribution in [3.8, 4) is 5.75 Å². The first-order valence-electron chi connectivity index (χ1n) is 9.60. The van der Waals surface area contributed by atoms with Crippen LogP contribution in [0, 0.1) is 3.57 Å². The second-order valence-electron chi connectivity index (χ2n) is 6.77. The van der Waals surface area contributed by atoms with E-state index in [-0.39, 0.29) is 5.91 Å². The van der Waals surface area contributed by atoms with Crippen LogP contribution in [0.2, 0.25) is 5.02 Å². The monoisotopic (exact) mass is 554 g/mol. The van der Waals surface area contributed by atoms with Crippen LogP contribution < -0.4 is 10.2 Å². The highest BCUT2D eigenvalue weighted by Crippen LogP contribution is 2.27. The summed E-state index contributed by atoms with van der Waals surface area (Å²) in [6, 6.07) is 24.9. The minimum absolute atomic E-state index is 0.328. The maximum Gasteiger partial charge on any atom is 0.343 e. The van der Waals surface area contributed by atoms with Gasteiger partial charge in [0.25, 0.3) is 5.91 Å². The molecule has 0 aliphatic carbocycles. The Bertz CT molecular complexity index is 1340. The van der Waals surface area contributed by atoms with E-state index in [1.165, 1.54) is 6.21 Å². The number of hydrogen-bond acceptors (Lipinski definition) is 4. The summed E-state index contributed by atoms with van der Waals surface area (Å²) in [5, 5.41) is 6.44. The van der Waals surface area contributed by atoms with Crippen LogP contribution in [-0.4, -0.2) is 18.1 Å². The molecule has 4 aromatic rings. The van der Waals surface area contributed by atoms with E-state index in [0.29, 0.717) is 27.5 Å². The van der Waals surface area contributed by atoms with Gasteiger partial charge in [-0.2, -0.15) is 5.10 Å². The number of halogens is 2. The van der Waals surface area contributed by atoms with Crippen molar-refractivity contribution in [2.75, 3.05) is 0 Å². The van der Waals surface area contributed by atoms with Crippen LogP contribution in [0.1, 0.15) is 26.3 Å². The molecular weight excluding hydrogens is 539 g/mol. The Morgan fingerprint density at radius 2 is 1.62 bits per heavy atom. The second-order valence-corrected chi connectivity index (χ2v) is 8.37. The summed E-state index contributed by atoms with van der Waals surface area (Å²) >= 11 is 8.00. The molecule has 5 nitrogen and oxygen atoms in total. The average molecular weight is 555 g/mol. The number of nitrogens with zero attached hydrogens (tertiary/aromatic N) is 1. The fraction of sp³-hybridized carbons (Fsp3) is 0. The number of rotatable bonds is 5. The van der Waals surface area contributed by atoms with Crippen LogP contribution in [0.15, 0.2) is 90.0 Å². The number of esters is 1. The number of benzene rings is 4. The van der Waals surface area contributed by atoms with Gasteiger partial charge in [-0.25, -0.2) is 10.2 Å². The molecule has 158 valence electrons. The summed E-state index contributed by atoms with van der Waals surface area (Å²) in [5.41, 5.74) is 4.02. The molecule has 0 atom stereocenters. The fourth-order valence-corrected chi connectivity index (χ4v) is 3.86. The Morgan fingerprint density at radius 3 is 2.41 bits per heavy atom. The minimum Gasteiger partial charge on any atom is -0.422 e. The lowest BCUT2D eigenvalue weighted by Crippen LogP contribution is -2.19. The fourth-order valence-electron chi connectivity index (χ4n) is 3.10. The molecule has 0 unspecified atom stereocenters. The number of amides is 1. The van der Waals surface area contributed by atoms with Gasteiger partial charge in [0.1, 0.15) is 5.75 Å². The summed E-state index contributed by atoms with van der Waals surface area (Å²) in [5.74, 6) is -0.517. The van der Waals surface area contributed by atoms with Gasteiger partial charge in [0, 0.05) is 14.2 Å². The lowest BCUT2D eigenvalue weighted by atomic mass is 10.0. The molecule has 7 heteroatoms. The van der Waals surface area contributed by atoms with Crippen molar-refractivity contribution in [2.24, 2.45) is 5.10 Å². The van der Waals surface area contributed by atoms with Gasteiger partial charge in [0.2, 0.25) is 0 Å². The van der Waals surface area contributed by atoms with E-state index in [4.69, 9.17) is 16.3 Å². The van der Waals surface area contributed by atoms with Gasteiger partial charge in [0.05, 0.1) is 17.3 Å². The van der Waals surface area contributed by atoms with E-state index in [1.807, 2.05) is 42.5 Å². The van der Waals surface area contributed by atoms with Crippen LogP contribution in [-0.2, 0) is 0 Å². The lowest BCUT2D eigenvalue weighted by molar-refractivity contribution is 0.0734. The van der Waals surface area contributed by atoms with Crippen molar-refractivity contribution in [2.45, 2.75) is 0 Å². The van der Waals surface area contributed by atoms with Gasteiger partial charge < -0.3 is 4.74 Å². The summed E-state index contributed by atoms with van der Waals surface area (Å²) in [7, 11) is 0. The van der Waals surface area contributed by atoms with Gasteiger partial charge in [-0.3, -0.25) is 4.79 Å². The zero-order valence-electron chi connectivity index (χ0n) is 16.6. The van der Waals surface area contributed by atoms with Crippen LogP contribution >= 0.6 is 34.2 Å². The maximum atomic E-state index is 12.6. The standard InChI is InChI=1S/C25H16ClIN2O3/c26-18-12-9-17(10-13-18)25(31)32-23-14-11-16-5-1-2-6-19(16)21(23)15-28-29-24(30)20-7-3-4-8-22(20)27/h1-15H,(H,29,30)/b28-15-. The van der Waals surface area contributed by atoms with E-state index < -0.39 is 5.97 Å². The molecule has 0 radical (unpaired) electrons. The number of carbonyl (C=O) groups excluding carboxylic acids is 2. The zero-order chi connectivity index (χ0) is 22.5. The molecule has 0 saturated heterocycles. The molecule has 0 aromatic heterocycles. The summed E-state index contributed by atoms with van der Waals surface area (Å²) < 4.78 is 6.47. The Morgan fingerprint density at radius 1 is 0.906 bits per heavy atom. The molecule has 4 aromatic carbocycles. The van der Waals surface area contributed by atoms with Crippen molar-refractivity contribution < 1.29 is 14.3 Å². The molecule has 0 heterocycles. The van der Waals surface area contributed by atoms with Crippen molar-refractivity contribution in [3.63, 3.8) is 0 Å². The van der Waals surface area contributed by atoms with Crippen molar-refractivity contribution in [1.29, 1.82) is 0 Å². The molecule has 0 aliphatic heterocycles. The van der Waals surface area contributed by atoms with Crippen LogP contribution in [0.4, 0.5) is 0 Å². The maximum absolute atomic E-state index is 12.6. The molecule has 4 rings (SSSR count). The summed E-state index contributed by atoms with van der Waals surface area (Å²) in [4.78, 5) is 25.1. The van der Waals surface area contributed by atoms with Gasteiger partial charge >= 0.3 is 5.97 Å². The Labute approximate surface area is 203 Å². The first kappa shape index (κ1) is 22.0. The number of hydrazone groups is 1. The predicted molar refractivity (Wildman–Crippen MR) is 135 cm³/mol. The topological polar surface area (TPSA) is 67.8 Å². The first-order valence-corrected chi connectivity index (χ1v) is 11.1. The highest BCUT2D eigenvalue weighted by molar-refractivity contribution is 14.1. The number of carbonyl (C=O) groups is 2. The lowest BCUT2D eigenvalue weighted by Gasteiger charge is -2.11. The second kappa shape index (κ2) is 9.93. The molecular formula is C25H16ClIN2O3. The highest BCUT2D eigenvalue weighted by Gasteiger charge is 2.14. The zero-order valence-corrected chi connectivity index (χ0v) is 19.5. The van der Waals surface area contributed by atoms with E-state index >= 15 is 0 Å². The quantitative estimate of drug-likeness (QED) is 0.107. The van der Waals surface area contributed by atoms with Crippen molar-refractivity contribution >= 4 is 63.1 Å². The largest absolute Gasteiger partial charge is 0.422 e. The van der Waals surface area contributed by atoms with Crippen molar-refractivity contribution in [1.82, 2.24) is 5.43 Å². The number of fused-ring (bicyclic) bond motifs is 1. The van der Waals surface area contributed by atoms with E-state index in [1.54, 1.807) is 42.5 Å². The van der Waals surface area contributed by atoms with E-state index in [9.17, 15) is 9.59 Å². The molecule has 0 saturated carbocycles. The van der Waals surface area contributed by atoms with E-state index in [2.05, 4.69) is 33.1 Å². The SMILES string of the molecule is O=C(Oc1ccc2ccccc2c1/C=N\NC(=O)c1ccccc1I)c1ccc(Cl)cc1. The van der Waals surface area contributed by atoms with Gasteiger partial charge in [-0.15, -0.1) is 0 Å². The average Bonchev–Trinajstić information content (AvgIpc) is 2.80. The molecule has 0 aliphatic rings. The summed E-state index contributed by atoms with van der Waals surface area (Å²) in [6.07, 6.45) is 1.49. The Hall–Kier alpha value is -3.23. The van der Waals surface area contributed by atoms with E-state index in [0.717, 1.165) is 14.3 Å². The molecule has 0 bridgehead atoms. The van der Waals surface area contributed by atoms with Crippen molar-refractivity contribution in [3.05, 3.63) is 110 Å². The third kappa shape index (κ3) is 4.98. The van der Waals surface area contributed by atoms with Crippen LogP contribution in [0.3, 0.4) is 0 Å². The number of nitrogens with one attached hydrogen (secondary N) is 1. The molecule has 1 amide bonds. The Kier molecular flexibility index (Phi) is 6.82. The molecule has 0 fully saturated rings. The molecule has 0 spiro atoms. The van der Waals surface area contributed by atoms with Crippen LogP contribution in [0.5, 0.6) is 5.75 Å². The predicted octanol–water partition coefficient (Wildman–Crippen LogP) is 6.08. The van der Waals surface area contributed by atoms with Crippen LogP contribution in [0.25, 0.3) is 10.8 Å². The minimum atomic E-state index is -0.519. The number of ether oxygens (including phenoxy) is 1. The third-order valence-electron chi connectivity index (χ3n) is 4.69. The molecule has 1 N–H and O–H groups in total. The van der Waals surface area contributed by atoms with Gasteiger partial charge in [-0.1, -0.05) is 54.1 Å². The summed E-state index contributed by atoms with van der Waals surface area (Å²) in [6.45, 7) is 0. The van der Waals surface area contributed by atoms with Gasteiger partial charge in [0.15, 0.2) is 0 Å². The Balaban J connectivity index is 1.63. The highest BCUT2D eigenvalue weighted by atomic mass is 127. The number of hydrogen-bond donors (Lipinski definition) is 1.